The molecule has 0 saturated heterocycles. The molecule has 1 fully saturated rings. The third-order valence-electron chi connectivity index (χ3n) is 4.70. The van der Waals surface area contributed by atoms with E-state index in [1.807, 2.05) is 24.3 Å². The molecule has 2 atom stereocenters. The lowest BCUT2D eigenvalue weighted by molar-refractivity contribution is -0.135. The molecule has 1 amide bonds. The van der Waals surface area contributed by atoms with Crippen molar-refractivity contribution in [3.63, 3.8) is 0 Å². The minimum absolute atomic E-state index is 0.0349. The van der Waals surface area contributed by atoms with Crippen LogP contribution in [-0.2, 0) is 16.0 Å². The lowest BCUT2D eigenvalue weighted by Gasteiger charge is -2.40. The molecule has 1 aromatic carbocycles. The monoisotopic (exact) mass is 275 g/mol. The normalized spacial score (nSPS) is 26.7. The van der Waals surface area contributed by atoms with E-state index in [1.54, 1.807) is 7.11 Å². The molecule has 2 N–H and O–H groups in total. The fourth-order valence-corrected chi connectivity index (χ4v) is 3.29. The van der Waals surface area contributed by atoms with E-state index in [4.69, 9.17) is 4.74 Å². The number of nitrogens with one attached hydrogen (secondary N) is 1. The number of hydrogen-bond acceptors (Lipinski definition) is 3. The zero-order valence-corrected chi connectivity index (χ0v) is 11.8. The van der Waals surface area contributed by atoms with Crippen LogP contribution in [0, 0.1) is 0 Å². The Morgan fingerprint density at radius 1 is 1.45 bits per heavy atom. The minimum atomic E-state index is -0.531. The molecule has 4 heteroatoms. The highest BCUT2D eigenvalue weighted by Crippen LogP contribution is 2.38. The average Bonchev–Trinajstić information content (AvgIpc) is 2.71. The van der Waals surface area contributed by atoms with Gasteiger partial charge in [-0.2, -0.15) is 0 Å². The largest absolute Gasteiger partial charge is 0.390 e. The molecule has 0 unspecified atom stereocenters. The van der Waals surface area contributed by atoms with Gasteiger partial charge in [0, 0.05) is 13.5 Å². The molecule has 0 aromatic heterocycles. The molecule has 2 aliphatic rings. The van der Waals surface area contributed by atoms with E-state index in [0.29, 0.717) is 12.8 Å². The molecular weight excluding hydrogens is 254 g/mol. The van der Waals surface area contributed by atoms with E-state index in [0.717, 1.165) is 30.4 Å². The van der Waals surface area contributed by atoms with E-state index in [9.17, 15) is 9.90 Å². The molecule has 2 aliphatic carbocycles. The summed E-state index contributed by atoms with van der Waals surface area (Å²) in [5.41, 5.74) is 1.89. The smallest absolute Gasteiger partial charge is 0.223 e. The summed E-state index contributed by atoms with van der Waals surface area (Å²) in [6.45, 7) is 0. The summed E-state index contributed by atoms with van der Waals surface area (Å²) in [5.74, 6) is -0.0349. The van der Waals surface area contributed by atoms with Crippen molar-refractivity contribution in [1.29, 1.82) is 0 Å². The van der Waals surface area contributed by atoms with Gasteiger partial charge in [0.2, 0.25) is 5.91 Å². The predicted molar refractivity (Wildman–Crippen MR) is 75.2 cm³/mol. The maximum atomic E-state index is 12.2. The van der Waals surface area contributed by atoms with Crippen LogP contribution in [-0.4, -0.2) is 29.8 Å². The van der Waals surface area contributed by atoms with Crippen molar-refractivity contribution in [3.05, 3.63) is 35.4 Å². The van der Waals surface area contributed by atoms with Gasteiger partial charge in [0.25, 0.3) is 0 Å². The van der Waals surface area contributed by atoms with E-state index < -0.39 is 6.10 Å². The van der Waals surface area contributed by atoms with Crippen LogP contribution in [0.5, 0.6) is 0 Å². The quantitative estimate of drug-likeness (QED) is 0.879. The van der Waals surface area contributed by atoms with Gasteiger partial charge in [-0.15, -0.1) is 0 Å². The number of benzene rings is 1. The number of aliphatic hydroxyl groups excluding tert-OH is 1. The van der Waals surface area contributed by atoms with Crippen molar-refractivity contribution >= 4 is 5.91 Å². The van der Waals surface area contributed by atoms with Gasteiger partial charge in [-0.1, -0.05) is 24.3 Å². The molecule has 1 aromatic rings. The molecule has 0 aliphatic heterocycles. The van der Waals surface area contributed by atoms with Crippen molar-refractivity contribution in [2.24, 2.45) is 0 Å². The highest BCUT2D eigenvalue weighted by Gasteiger charge is 2.40. The average molecular weight is 275 g/mol. The zero-order chi connectivity index (χ0) is 14.2. The van der Waals surface area contributed by atoms with Crippen LogP contribution < -0.4 is 5.32 Å². The summed E-state index contributed by atoms with van der Waals surface area (Å²) in [6, 6.07) is 7.61. The van der Waals surface area contributed by atoms with Gasteiger partial charge in [-0.25, -0.2) is 0 Å². The summed E-state index contributed by atoms with van der Waals surface area (Å²) in [5, 5.41) is 13.1. The Balaban J connectivity index is 1.67. The number of methoxy groups -OCH3 is 1. The lowest BCUT2D eigenvalue weighted by atomic mass is 9.77. The van der Waals surface area contributed by atoms with Gasteiger partial charge < -0.3 is 15.2 Å². The van der Waals surface area contributed by atoms with Crippen LogP contribution in [0.1, 0.15) is 42.9 Å². The van der Waals surface area contributed by atoms with Gasteiger partial charge in [-0.05, 0) is 30.4 Å². The minimum Gasteiger partial charge on any atom is -0.390 e. The molecule has 1 saturated carbocycles. The highest BCUT2D eigenvalue weighted by molar-refractivity contribution is 5.78. The molecule has 108 valence electrons. The Labute approximate surface area is 119 Å². The molecule has 20 heavy (non-hydrogen) atoms. The Bertz CT molecular complexity index is 505. The number of rotatable bonds is 4. The van der Waals surface area contributed by atoms with E-state index >= 15 is 0 Å². The first kappa shape index (κ1) is 13.6. The molecule has 3 rings (SSSR count). The van der Waals surface area contributed by atoms with Gasteiger partial charge >= 0.3 is 0 Å². The molecular formula is C16H21NO3. The second kappa shape index (κ2) is 5.19. The number of carbonyl (C=O) groups is 1. The fourth-order valence-electron chi connectivity index (χ4n) is 3.29. The second-order valence-electron chi connectivity index (χ2n) is 5.93. The van der Waals surface area contributed by atoms with Crippen molar-refractivity contribution in [2.75, 3.05) is 7.11 Å². The summed E-state index contributed by atoms with van der Waals surface area (Å²) in [7, 11) is 1.67. The molecule has 0 bridgehead atoms. The molecule has 0 radical (unpaired) electrons. The SMILES string of the molecule is COC1(CC(=O)N[C@@H]2c3ccccc3C[C@@H]2O)CCC1. The molecule has 0 heterocycles. The molecule has 0 spiro atoms. The van der Waals surface area contributed by atoms with E-state index in [-0.39, 0.29) is 17.6 Å². The van der Waals surface area contributed by atoms with Crippen molar-refractivity contribution in [3.8, 4) is 0 Å². The van der Waals surface area contributed by atoms with Gasteiger partial charge in [-0.3, -0.25) is 4.79 Å². The third-order valence-corrected chi connectivity index (χ3v) is 4.70. The van der Waals surface area contributed by atoms with Gasteiger partial charge in [0.1, 0.15) is 0 Å². The van der Waals surface area contributed by atoms with Crippen molar-refractivity contribution < 1.29 is 14.6 Å². The third kappa shape index (κ3) is 2.34. The number of hydrogen-bond donors (Lipinski definition) is 2. The summed E-state index contributed by atoms with van der Waals surface area (Å²) in [4.78, 5) is 12.2. The number of fused-ring (bicyclic) bond motifs is 1. The van der Waals surface area contributed by atoms with Crippen LogP contribution in [0.15, 0.2) is 24.3 Å². The Hall–Kier alpha value is -1.39. The van der Waals surface area contributed by atoms with Crippen LogP contribution in [0.4, 0.5) is 0 Å². The second-order valence-corrected chi connectivity index (χ2v) is 5.93. The molecule has 4 nitrogen and oxygen atoms in total. The van der Waals surface area contributed by atoms with E-state index in [1.165, 1.54) is 0 Å². The zero-order valence-electron chi connectivity index (χ0n) is 11.8. The number of ether oxygens (including phenoxy) is 1. The van der Waals surface area contributed by atoms with Gasteiger partial charge in [0.05, 0.1) is 24.2 Å². The van der Waals surface area contributed by atoms with Crippen molar-refractivity contribution in [2.45, 2.75) is 49.9 Å². The number of amides is 1. The first-order valence-electron chi connectivity index (χ1n) is 7.24. The fraction of sp³-hybridized carbons (Fsp3) is 0.562. The Kier molecular flexibility index (Phi) is 3.52. The van der Waals surface area contributed by atoms with Crippen LogP contribution >= 0.6 is 0 Å². The maximum Gasteiger partial charge on any atom is 0.223 e. The summed E-state index contributed by atoms with van der Waals surface area (Å²) < 4.78 is 5.48. The standard InChI is InChI=1S/C16H21NO3/c1-20-16(7-4-8-16)10-14(19)17-15-12-6-3-2-5-11(12)9-13(15)18/h2-3,5-6,13,15,18H,4,7-10H2,1H3,(H,17,19)/t13-,15+/m0/s1. The highest BCUT2D eigenvalue weighted by atomic mass is 16.5. The first-order valence-corrected chi connectivity index (χ1v) is 7.24. The van der Waals surface area contributed by atoms with Crippen molar-refractivity contribution in [1.82, 2.24) is 5.32 Å². The van der Waals surface area contributed by atoms with E-state index in [2.05, 4.69) is 5.32 Å². The Morgan fingerprint density at radius 3 is 2.85 bits per heavy atom. The topological polar surface area (TPSA) is 58.6 Å². The van der Waals surface area contributed by atoms with Crippen LogP contribution in [0.2, 0.25) is 0 Å². The number of aliphatic hydroxyl groups is 1. The Morgan fingerprint density at radius 2 is 2.20 bits per heavy atom. The predicted octanol–water partition coefficient (Wildman–Crippen LogP) is 1.72. The summed E-state index contributed by atoms with van der Waals surface area (Å²) in [6.07, 6.45) is 3.47. The summed E-state index contributed by atoms with van der Waals surface area (Å²) >= 11 is 0. The van der Waals surface area contributed by atoms with Gasteiger partial charge in [0.15, 0.2) is 0 Å². The number of carbonyl (C=O) groups excluding carboxylic acids is 1. The van der Waals surface area contributed by atoms with Crippen LogP contribution in [0.25, 0.3) is 0 Å². The van der Waals surface area contributed by atoms with Crippen LogP contribution in [0.3, 0.4) is 0 Å². The first-order chi connectivity index (χ1) is 9.63. The maximum absolute atomic E-state index is 12.2. The lowest BCUT2D eigenvalue weighted by Crippen LogP contribution is -2.45.